The molecule has 0 amide bonds. The molecular formula is C24H27F8NO2. The monoisotopic (exact) mass is 513 g/mol. The maximum atomic E-state index is 14.9. The van der Waals surface area contributed by atoms with Crippen LogP contribution in [0.3, 0.4) is 0 Å². The van der Waals surface area contributed by atoms with Crippen molar-refractivity contribution in [3.63, 3.8) is 0 Å². The van der Waals surface area contributed by atoms with Gasteiger partial charge in [-0.05, 0) is 44.9 Å². The van der Waals surface area contributed by atoms with Gasteiger partial charge in [-0.2, -0.15) is 26.3 Å². The van der Waals surface area contributed by atoms with Crippen molar-refractivity contribution >= 4 is 5.97 Å². The van der Waals surface area contributed by atoms with Crippen LogP contribution in [0.1, 0.15) is 63.6 Å². The van der Waals surface area contributed by atoms with Gasteiger partial charge in [-0.1, -0.05) is 24.0 Å². The smallest absolute Gasteiger partial charge is 0.416 e. The van der Waals surface area contributed by atoms with E-state index >= 15 is 0 Å². The molecule has 0 radical (unpaired) electrons. The van der Waals surface area contributed by atoms with E-state index in [0.717, 1.165) is 12.1 Å². The first-order chi connectivity index (χ1) is 15.8. The van der Waals surface area contributed by atoms with Crippen LogP contribution >= 0.6 is 0 Å². The molecule has 1 fully saturated rings. The lowest BCUT2D eigenvalue weighted by Gasteiger charge is -2.47. The van der Waals surface area contributed by atoms with E-state index < -0.39 is 85.5 Å². The predicted molar refractivity (Wildman–Crippen MR) is 113 cm³/mol. The number of hydrogen-bond acceptors (Lipinski definition) is 2. The third kappa shape index (κ3) is 8.37. The minimum Gasteiger partial charge on any atom is -0.481 e. The van der Waals surface area contributed by atoms with E-state index in [4.69, 9.17) is 0 Å². The summed E-state index contributed by atoms with van der Waals surface area (Å²) in [5, 5.41) is 9.28. The predicted octanol–water partition coefficient (Wildman–Crippen LogP) is 6.94. The van der Waals surface area contributed by atoms with E-state index in [1.807, 2.05) is 0 Å². The molecule has 0 saturated carbocycles. The van der Waals surface area contributed by atoms with Crippen LogP contribution < -0.4 is 0 Å². The van der Waals surface area contributed by atoms with Crippen LogP contribution in [0.2, 0.25) is 0 Å². The highest BCUT2D eigenvalue weighted by Gasteiger charge is 2.52. The quantitative estimate of drug-likeness (QED) is 0.331. The zero-order valence-corrected chi connectivity index (χ0v) is 19.4. The molecule has 1 heterocycles. The van der Waals surface area contributed by atoms with Gasteiger partial charge in [0.2, 0.25) is 0 Å². The molecule has 2 rings (SSSR count). The molecule has 1 aromatic carbocycles. The standard InChI is InChI=1S/C24H27F8NO2/c1-21(2,3)10-8-17(9-11-23(27,28)29)33-13-12-22(25,26)18(14-19(34)35)20(33)15-4-6-16(7-5-15)24(30,31)32/h4-7,17-18,20H,9,11-14H2,1-3H3,(H,34,35)/t17-,18-,20-/m1/s1. The van der Waals surface area contributed by atoms with Gasteiger partial charge in [-0.15, -0.1) is 0 Å². The molecular weight excluding hydrogens is 486 g/mol. The summed E-state index contributed by atoms with van der Waals surface area (Å²) in [6, 6.07) is 0.678. The molecule has 1 N–H and O–H groups in total. The molecule has 196 valence electrons. The number of alkyl halides is 8. The van der Waals surface area contributed by atoms with Crippen LogP contribution in [0.5, 0.6) is 0 Å². The molecule has 1 aromatic rings. The number of likely N-dealkylation sites (tertiary alicyclic amines) is 1. The highest BCUT2D eigenvalue weighted by molar-refractivity contribution is 5.67. The van der Waals surface area contributed by atoms with Gasteiger partial charge in [-0.25, -0.2) is 8.78 Å². The number of rotatable bonds is 6. The van der Waals surface area contributed by atoms with E-state index in [9.17, 15) is 45.0 Å². The van der Waals surface area contributed by atoms with Crippen LogP contribution in [0.15, 0.2) is 24.3 Å². The fourth-order valence-corrected chi connectivity index (χ4v) is 4.08. The molecule has 0 bridgehead atoms. The SMILES string of the molecule is CC(C)(C)C#C[C@H](CCC(F)(F)F)N1CCC(F)(F)[C@H](CC(=O)O)[C@H]1c1ccc(C(F)(F)F)cc1. The van der Waals surface area contributed by atoms with Gasteiger partial charge < -0.3 is 5.11 Å². The minimum atomic E-state index is -4.69. The van der Waals surface area contributed by atoms with Crippen molar-refractivity contribution in [3.8, 4) is 11.8 Å². The molecule has 0 aliphatic carbocycles. The lowest BCUT2D eigenvalue weighted by Crippen LogP contribution is -2.53. The number of carboxylic acids is 1. The van der Waals surface area contributed by atoms with E-state index in [1.165, 1.54) is 4.90 Å². The van der Waals surface area contributed by atoms with Crippen LogP contribution in [0, 0.1) is 23.2 Å². The second-order valence-electron chi connectivity index (χ2n) is 9.71. The molecule has 11 heteroatoms. The zero-order valence-electron chi connectivity index (χ0n) is 19.4. The summed E-state index contributed by atoms with van der Waals surface area (Å²) < 4.78 is 108. The van der Waals surface area contributed by atoms with Gasteiger partial charge in [0.05, 0.1) is 23.9 Å². The van der Waals surface area contributed by atoms with Crippen LogP contribution in [0.4, 0.5) is 35.1 Å². The normalized spacial score (nSPS) is 22.3. The summed E-state index contributed by atoms with van der Waals surface area (Å²) in [5.74, 6) is -1.38. The first-order valence-electron chi connectivity index (χ1n) is 10.9. The molecule has 1 aliphatic rings. The third-order valence-corrected chi connectivity index (χ3v) is 5.67. The van der Waals surface area contributed by atoms with Crippen molar-refractivity contribution < 1.29 is 45.0 Å². The molecule has 3 nitrogen and oxygen atoms in total. The summed E-state index contributed by atoms with van der Waals surface area (Å²) in [6.45, 7) is 4.74. The number of carbonyl (C=O) groups is 1. The Labute approximate surface area is 198 Å². The molecule has 1 aliphatic heterocycles. The van der Waals surface area contributed by atoms with Crippen molar-refractivity contribution in [3.05, 3.63) is 35.4 Å². The van der Waals surface area contributed by atoms with Crippen molar-refractivity contribution in [2.75, 3.05) is 6.54 Å². The number of nitrogens with zero attached hydrogens (tertiary/aromatic N) is 1. The maximum absolute atomic E-state index is 14.9. The number of halogens is 8. The highest BCUT2D eigenvalue weighted by Crippen LogP contribution is 2.48. The van der Waals surface area contributed by atoms with Gasteiger partial charge in [-0.3, -0.25) is 9.69 Å². The first-order valence-corrected chi connectivity index (χ1v) is 10.9. The fourth-order valence-electron chi connectivity index (χ4n) is 4.08. The van der Waals surface area contributed by atoms with Crippen molar-refractivity contribution in [2.24, 2.45) is 11.3 Å². The lowest BCUT2D eigenvalue weighted by molar-refractivity contribution is -0.163. The van der Waals surface area contributed by atoms with Crippen molar-refractivity contribution in [1.29, 1.82) is 0 Å². The Balaban J connectivity index is 2.62. The molecule has 3 atom stereocenters. The Hall–Kier alpha value is -2.35. The molecule has 0 spiro atoms. The zero-order chi connectivity index (χ0) is 26.8. The topological polar surface area (TPSA) is 40.5 Å². The Bertz CT molecular complexity index is 936. The molecule has 0 aromatic heterocycles. The van der Waals surface area contributed by atoms with Crippen LogP contribution in [-0.4, -0.2) is 40.7 Å². The largest absolute Gasteiger partial charge is 0.481 e. The lowest BCUT2D eigenvalue weighted by atomic mass is 9.78. The molecule has 1 saturated heterocycles. The number of carboxylic acid groups (broad SMARTS) is 1. The number of benzene rings is 1. The van der Waals surface area contributed by atoms with Gasteiger partial charge in [0.1, 0.15) is 0 Å². The Morgan fingerprint density at radius 1 is 1.11 bits per heavy atom. The van der Waals surface area contributed by atoms with Gasteiger partial charge in [0.25, 0.3) is 5.92 Å². The Kier molecular flexibility index (Phi) is 8.52. The highest BCUT2D eigenvalue weighted by atomic mass is 19.4. The third-order valence-electron chi connectivity index (χ3n) is 5.67. The summed E-state index contributed by atoms with van der Waals surface area (Å²) in [6.07, 6.45) is -12.9. The van der Waals surface area contributed by atoms with E-state index in [1.54, 1.807) is 20.8 Å². The summed E-state index contributed by atoms with van der Waals surface area (Å²) in [4.78, 5) is 12.7. The van der Waals surface area contributed by atoms with Crippen molar-refractivity contribution in [2.45, 2.75) is 76.8 Å². The second-order valence-corrected chi connectivity index (χ2v) is 9.71. The number of aliphatic carboxylic acids is 1. The van der Waals surface area contributed by atoms with Crippen molar-refractivity contribution in [1.82, 2.24) is 4.90 Å². The first kappa shape index (κ1) is 28.9. The molecule has 35 heavy (non-hydrogen) atoms. The Morgan fingerprint density at radius 3 is 2.14 bits per heavy atom. The van der Waals surface area contributed by atoms with Crippen LogP contribution in [0.25, 0.3) is 0 Å². The number of hydrogen-bond donors (Lipinski definition) is 1. The van der Waals surface area contributed by atoms with Gasteiger partial charge in [0.15, 0.2) is 0 Å². The summed E-state index contributed by atoms with van der Waals surface area (Å²) in [5.41, 5.74) is -1.70. The van der Waals surface area contributed by atoms with E-state index in [0.29, 0.717) is 12.1 Å². The molecule has 0 unspecified atom stereocenters. The van der Waals surface area contributed by atoms with E-state index in [2.05, 4.69) is 11.8 Å². The average Bonchev–Trinajstić information content (AvgIpc) is 2.67. The second kappa shape index (κ2) is 10.3. The van der Waals surface area contributed by atoms with E-state index in [-0.39, 0.29) is 5.56 Å². The maximum Gasteiger partial charge on any atom is 0.416 e. The fraction of sp³-hybridized carbons (Fsp3) is 0.625. The van der Waals surface area contributed by atoms with Gasteiger partial charge in [0, 0.05) is 30.8 Å². The summed E-state index contributed by atoms with van der Waals surface area (Å²) in [7, 11) is 0. The summed E-state index contributed by atoms with van der Waals surface area (Å²) >= 11 is 0. The van der Waals surface area contributed by atoms with Gasteiger partial charge >= 0.3 is 18.3 Å². The van der Waals surface area contributed by atoms with Crippen LogP contribution in [-0.2, 0) is 11.0 Å². The Morgan fingerprint density at radius 2 is 1.69 bits per heavy atom. The number of piperidine rings is 1. The minimum absolute atomic E-state index is 0.0433. The average molecular weight is 513 g/mol.